The number of fused-ring (bicyclic) bond motifs is 3. The van der Waals surface area contributed by atoms with E-state index in [0.717, 1.165) is 191 Å². The number of piperidine rings is 2. The van der Waals surface area contributed by atoms with Gasteiger partial charge in [0.1, 0.15) is 35.7 Å². The van der Waals surface area contributed by atoms with Crippen molar-refractivity contribution >= 4 is 52.0 Å². The van der Waals surface area contributed by atoms with Gasteiger partial charge in [0.2, 0.25) is 0 Å². The van der Waals surface area contributed by atoms with E-state index in [0.29, 0.717) is 41.2 Å². The molecule has 5 amide bonds. The average Bonchev–Trinajstić information content (AvgIpc) is 1.66. The Labute approximate surface area is 653 Å². The smallest absolute Gasteiger partial charge is 0.318 e. The molecule has 0 radical (unpaired) electrons. The normalized spacial score (nSPS) is 16.7. The summed E-state index contributed by atoms with van der Waals surface area (Å²) >= 11 is 0. The summed E-state index contributed by atoms with van der Waals surface area (Å²) < 4.78 is 10.5. The van der Waals surface area contributed by atoms with Crippen LogP contribution >= 0.6 is 0 Å². The van der Waals surface area contributed by atoms with Crippen LogP contribution in [0.2, 0.25) is 0 Å². The Hall–Kier alpha value is -14.3. The molecule has 2 saturated carbocycles. The third kappa shape index (κ3) is 17.1. The van der Waals surface area contributed by atoms with Crippen LogP contribution in [0.15, 0.2) is 148 Å². The first kappa shape index (κ1) is 75.5. The quantitative estimate of drug-likeness (QED) is 0.0519. The third-order valence-corrected chi connectivity index (χ3v) is 21.9. The molecular weight excluding hydrogens is 1420 g/mol. The van der Waals surface area contributed by atoms with E-state index in [-0.39, 0.29) is 48.7 Å². The maximum atomic E-state index is 12.1. The topological polar surface area (TPSA) is 345 Å². The molecule has 113 heavy (non-hydrogen) atoms. The van der Waals surface area contributed by atoms with Crippen LogP contribution in [-0.2, 0) is 25.9 Å². The summed E-state index contributed by atoms with van der Waals surface area (Å²) in [4.78, 5) is 53.6. The van der Waals surface area contributed by atoms with Crippen molar-refractivity contribution in [2.45, 2.75) is 108 Å². The summed E-state index contributed by atoms with van der Waals surface area (Å²) in [5, 5.41) is 74.1. The highest BCUT2D eigenvalue weighted by Gasteiger charge is 2.39. The molecule has 0 aromatic carbocycles. The van der Waals surface area contributed by atoms with Gasteiger partial charge in [-0.15, -0.1) is 19.3 Å². The number of anilines is 3. The number of hydrogen-bond donors (Lipinski definition) is 6. The van der Waals surface area contributed by atoms with Crippen LogP contribution in [0.5, 0.6) is 0 Å². The van der Waals surface area contributed by atoms with Crippen molar-refractivity contribution in [3.63, 3.8) is 0 Å². The molecule has 14 heterocycles. The molecule has 4 aliphatic rings. The number of carbonyl (C=O) groups excluding carboxylic acids is 3. The molecule has 0 unspecified atom stereocenters. The molecule has 12 aromatic heterocycles. The average molecular weight is 1510 g/mol. The zero-order valence-corrected chi connectivity index (χ0v) is 63.2. The van der Waals surface area contributed by atoms with Crippen molar-refractivity contribution in [1.82, 2.24) is 98.9 Å². The number of carbonyl (C=O) groups is 3. The van der Waals surface area contributed by atoms with Crippen LogP contribution in [0.4, 0.5) is 27.0 Å². The molecule has 2 aliphatic carbocycles. The number of pyridine rings is 6. The Morgan fingerprint density at radius 3 is 1.17 bits per heavy atom. The number of aromatic nitrogens is 15. The van der Waals surface area contributed by atoms with Gasteiger partial charge in [0.25, 0.3) is 5.91 Å². The number of nitriles is 3. The Kier molecular flexibility index (Phi) is 22.2. The fourth-order valence-electron chi connectivity index (χ4n) is 15.6. The predicted octanol–water partition coefficient (Wildman–Crippen LogP) is 10.9. The second-order valence-corrected chi connectivity index (χ2v) is 29.4. The van der Waals surface area contributed by atoms with E-state index in [1.165, 1.54) is 0 Å². The summed E-state index contributed by atoms with van der Waals surface area (Å²) in [6.45, 7) is 5.37. The first-order chi connectivity index (χ1) is 54.9. The van der Waals surface area contributed by atoms with Crippen LogP contribution in [0.3, 0.4) is 0 Å². The zero-order valence-electron chi connectivity index (χ0n) is 63.2. The van der Waals surface area contributed by atoms with Gasteiger partial charge in [0, 0.05) is 194 Å². The van der Waals surface area contributed by atoms with Gasteiger partial charge in [0.15, 0.2) is 0 Å². The van der Waals surface area contributed by atoms with Gasteiger partial charge in [-0.05, 0) is 150 Å². The lowest BCUT2D eigenvalue weighted by atomic mass is 9.67. The van der Waals surface area contributed by atoms with Crippen molar-refractivity contribution in [2.24, 2.45) is 26.6 Å². The van der Waals surface area contributed by atoms with Gasteiger partial charge in [0.05, 0.1) is 83.5 Å². The van der Waals surface area contributed by atoms with Gasteiger partial charge in [-0.25, -0.2) is 38.1 Å². The van der Waals surface area contributed by atoms with Gasteiger partial charge in [-0.3, -0.25) is 18.8 Å². The SMILES string of the molecule is C#CC(=O)N1CCC2(CCC(Nc3ccc(-c4cc(-c5cnn(C)c5)cn5ncc(C#N)c45)cn3)CC2)CC1.C#CCNC(=O)N1CCC(Nc2ccc(-c3cc(-c4cnn(C)c4)cn4ncc(C#N)c34)cn2)CC1.C#CCNC(=O)NC1(C)CCC(Nc2ccc(-c3cc(-c4cnn(C)c4)cn4ncc(C#N)c34)cn2)CC1. The highest BCUT2D eigenvalue weighted by molar-refractivity contribution is 5.93. The van der Waals surface area contributed by atoms with E-state index in [4.69, 9.17) is 24.3 Å². The predicted molar refractivity (Wildman–Crippen MR) is 429 cm³/mol. The van der Waals surface area contributed by atoms with Crippen LogP contribution in [0.25, 0.3) is 83.3 Å². The molecule has 6 N–H and O–H groups in total. The molecule has 29 nitrogen and oxygen atoms in total. The minimum Gasteiger partial charge on any atom is -0.367 e. The Balaban J connectivity index is 0.000000141. The molecule has 0 bridgehead atoms. The highest BCUT2D eigenvalue weighted by Crippen LogP contribution is 2.46. The van der Waals surface area contributed by atoms with E-state index in [2.05, 4.69) is 121 Å². The van der Waals surface area contributed by atoms with Crippen LogP contribution in [0, 0.1) is 76.4 Å². The van der Waals surface area contributed by atoms with E-state index < -0.39 is 0 Å². The fraction of sp³-hybridized carbons (Fsp3) is 0.321. The molecular formula is C84H84N26O3. The minimum absolute atomic E-state index is 0.120. The summed E-state index contributed by atoms with van der Waals surface area (Å²) in [6, 6.07) is 25.4. The zero-order chi connectivity index (χ0) is 78.8. The van der Waals surface area contributed by atoms with Crippen LogP contribution < -0.4 is 31.9 Å². The van der Waals surface area contributed by atoms with E-state index in [1.54, 1.807) is 69.7 Å². The standard InChI is InChI=1S/C30H30N8O.C28H29N9O.C26H25N9O/c1-3-28(39)37-12-10-30(11-13-37)8-6-25(7-9-30)35-27-5-4-21(16-32-27)26-14-22(24-18-33-36(2)19-24)20-38-29(26)23(15-31)17-34-38;1-4-11-30-27(38)35-28(2)9-7-23(8-10-28)34-25-6-5-19(14-31-25)24-12-20(22-16-32-36(3)17-22)18-37-26(24)21(13-29)15-33-37;1-3-8-28-26(36)34-9-6-22(7-10-34)32-24-5-4-18(13-29-24)23-11-19(21-15-30-33(2)16-21)17-35-25(23)20(12-27)14-31-35/h1,4-5,14,16-20,25H,6-13H2,2H3,(H,32,35);1,5-6,12,14-18,23H,7-11H2,2-3H3,(H,31,34)(H2,30,35,38);1,4-5,11,13-17,22H,6-10H2,2H3,(H,28,36)(H,29,32). The number of rotatable bonds is 15. The molecule has 16 rings (SSSR count). The monoisotopic (exact) mass is 1500 g/mol. The lowest BCUT2D eigenvalue weighted by Gasteiger charge is -2.45. The van der Waals surface area contributed by atoms with Crippen molar-refractivity contribution < 1.29 is 14.4 Å². The summed E-state index contributed by atoms with van der Waals surface area (Å²) in [5.74, 6) is 9.30. The maximum Gasteiger partial charge on any atom is 0.318 e. The van der Waals surface area contributed by atoms with Crippen molar-refractivity contribution in [3.05, 3.63) is 164 Å². The first-order valence-corrected chi connectivity index (χ1v) is 37.5. The van der Waals surface area contributed by atoms with Gasteiger partial charge in [-0.2, -0.15) is 46.4 Å². The van der Waals surface area contributed by atoms with Crippen molar-refractivity contribution in [3.8, 4) is 122 Å². The number of terminal acetylenes is 3. The fourth-order valence-corrected chi connectivity index (χ4v) is 15.6. The molecule has 29 heteroatoms. The Morgan fingerprint density at radius 2 is 0.823 bits per heavy atom. The Bertz CT molecular complexity index is 5740. The van der Waals surface area contributed by atoms with Crippen LogP contribution in [0.1, 0.15) is 101 Å². The van der Waals surface area contributed by atoms with Crippen LogP contribution in [-0.4, -0.2) is 164 Å². The maximum absolute atomic E-state index is 12.1. The summed E-state index contributed by atoms with van der Waals surface area (Å²) in [6.07, 6.45) is 54.7. The second kappa shape index (κ2) is 33.3. The molecule has 1 spiro atoms. The lowest BCUT2D eigenvalue weighted by Crippen LogP contribution is -2.53. The van der Waals surface area contributed by atoms with E-state index in [9.17, 15) is 30.2 Å². The van der Waals surface area contributed by atoms with Crippen molar-refractivity contribution in [2.75, 3.05) is 55.2 Å². The van der Waals surface area contributed by atoms with Crippen molar-refractivity contribution in [1.29, 1.82) is 15.8 Å². The summed E-state index contributed by atoms with van der Waals surface area (Å²) in [7, 11) is 5.64. The van der Waals surface area contributed by atoms with E-state index >= 15 is 0 Å². The molecule has 2 aliphatic heterocycles. The largest absolute Gasteiger partial charge is 0.367 e. The van der Waals surface area contributed by atoms with Gasteiger partial charge < -0.3 is 41.7 Å². The van der Waals surface area contributed by atoms with Gasteiger partial charge >= 0.3 is 12.1 Å². The molecule has 568 valence electrons. The molecule has 0 atom stereocenters. The number of amides is 5. The molecule has 12 aromatic rings. The van der Waals surface area contributed by atoms with Gasteiger partial charge in [-0.1, -0.05) is 11.8 Å². The highest BCUT2D eigenvalue weighted by atomic mass is 16.2. The minimum atomic E-state index is -0.261. The number of aryl methyl sites for hydroxylation is 3. The molecule has 2 saturated heterocycles. The first-order valence-electron chi connectivity index (χ1n) is 37.5. The Morgan fingerprint density at radius 1 is 0.442 bits per heavy atom. The summed E-state index contributed by atoms with van der Waals surface area (Å²) in [5.41, 5.74) is 14.9. The number of likely N-dealkylation sites (tertiary alicyclic amines) is 2. The second-order valence-electron chi connectivity index (χ2n) is 29.4. The molecule has 4 fully saturated rings. The number of nitrogens with one attached hydrogen (secondary N) is 6. The van der Waals surface area contributed by atoms with E-state index in [1.807, 2.05) is 130 Å². The lowest BCUT2D eigenvalue weighted by molar-refractivity contribution is -0.127. The number of nitrogens with zero attached hydrogens (tertiary/aromatic N) is 20. The number of hydrogen-bond acceptors (Lipinski definition) is 18. The number of urea groups is 2. The third-order valence-electron chi connectivity index (χ3n) is 21.9.